The van der Waals surface area contributed by atoms with Crippen LogP contribution in [0.25, 0.3) is 11.1 Å². The molecular formula is C21H20F3N3O3. The molecular weight excluding hydrogens is 399 g/mol. The molecule has 0 N–H and O–H groups in total. The van der Waals surface area contributed by atoms with Gasteiger partial charge < -0.3 is 4.74 Å². The molecule has 0 amide bonds. The van der Waals surface area contributed by atoms with E-state index in [1.165, 1.54) is 19.2 Å². The van der Waals surface area contributed by atoms with Crippen molar-refractivity contribution in [2.45, 2.75) is 33.0 Å². The van der Waals surface area contributed by atoms with Gasteiger partial charge in [0.1, 0.15) is 12.3 Å². The second-order valence-electron chi connectivity index (χ2n) is 6.94. The number of nitro groups is 1. The largest absolute Gasteiger partial charge is 0.496 e. The van der Waals surface area contributed by atoms with E-state index in [0.717, 1.165) is 15.8 Å². The van der Waals surface area contributed by atoms with Crippen LogP contribution in [0.15, 0.2) is 42.5 Å². The van der Waals surface area contributed by atoms with E-state index in [4.69, 9.17) is 4.74 Å². The second kappa shape index (κ2) is 8.17. The molecule has 1 heterocycles. The summed E-state index contributed by atoms with van der Waals surface area (Å²) >= 11 is 0. The van der Waals surface area contributed by atoms with Crippen molar-refractivity contribution in [2.24, 2.45) is 0 Å². The van der Waals surface area contributed by atoms with Gasteiger partial charge >= 0.3 is 6.18 Å². The summed E-state index contributed by atoms with van der Waals surface area (Å²) in [6.07, 6.45) is -3.97. The maximum absolute atomic E-state index is 12.8. The number of aryl methyl sites for hydroxylation is 1. The maximum Gasteiger partial charge on any atom is 0.408 e. The minimum atomic E-state index is -4.35. The first kappa shape index (κ1) is 21.4. The first-order valence-corrected chi connectivity index (χ1v) is 9.10. The number of hydrogen-bond acceptors (Lipinski definition) is 4. The van der Waals surface area contributed by atoms with Crippen LogP contribution in [0.4, 0.5) is 18.9 Å². The Labute approximate surface area is 171 Å². The quantitative estimate of drug-likeness (QED) is 0.405. The summed E-state index contributed by atoms with van der Waals surface area (Å²) < 4.78 is 44.7. The van der Waals surface area contributed by atoms with Crippen LogP contribution in [0.2, 0.25) is 0 Å². The van der Waals surface area contributed by atoms with Gasteiger partial charge in [-0.3, -0.25) is 14.8 Å². The van der Waals surface area contributed by atoms with E-state index in [2.05, 4.69) is 5.10 Å². The van der Waals surface area contributed by atoms with E-state index in [1.54, 1.807) is 32.0 Å². The number of nitro benzene ring substituents is 1. The van der Waals surface area contributed by atoms with E-state index < -0.39 is 17.6 Å². The van der Waals surface area contributed by atoms with Gasteiger partial charge in [-0.15, -0.1) is 0 Å². The van der Waals surface area contributed by atoms with Crippen molar-refractivity contribution < 1.29 is 22.8 Å². The molecule has 3 aromatic rings. The van der Waals surface area contributed by atoms with Crippen LogP contribution < -0.4 is 4.74 Å². The van der Waals surface area contributed by atoms with Gasteiger partial charge in [-0.05, 0) is 37.1 Å². The summed E-state index contributed by atoms with van der Waals surface area (Å²) in [5, 5.41) is 15.1. The summed E-state index contributed by atoms with van der Waals surface area (Å²) in [6, 6.07) is 11.6. The summed E-state index contributed by atoms with van der Waals surface area (Å²) in [4.78, 5) is 10.6. The van der Waals surface area contributed by atoms with Crippen LogP contribution in [0.3, 0.4) is 0 Å². The van der Waals surface area contributed by atoms with Crippen LogP contribution in [0.5, 0.6) is 5.75 Å². The second-order valence-corrected chi connectivity index (χ2v) is 6.94. The third-order valence-electron chi connectivity index (χ3n) is 4.87. The number of rotatable bonds is 6. The van der Waals surface area contributed by atoms with E-state index in [-0.39, 0.29) is 5.69 Å². The lowest BCUT2D eigenvalue weighted by Crippen LogP contribution is -2.19. The van der Waals surface area contributed by atoms with Crippen molar-refractivity contribution in [2.75, 3.05) is 7.11 Å². The lowest BCUT2D eigenvalue weighted by Gasteiger charge is -2.12. The number of alkyl halides is 3. The Hall–Kier alpha value is -3.36. The smallest absolute Gasteiger partial charge is 0.408 e. The Balaban J connectivity index is 1.99. The number of aromatic nitrogens is 2. The Morgan fingerprint density at radius 2 is 1.90 bits per heavy atom. The fourth-order valence-electron chi connectivity index (χ4n) is 3.40. The Kier molecular flexibility index (Phi) is 5.82. The highest BCUT2D eigenvalue weighted by molar-refractivity contribution is 5.73. The van der Waals surface area contributed by atoms with Gasteiger partial charge in [-0.25, -0.2) is 0 Å². The molecule has 1 aromatic heterocycles. The average molecular weight is 419 g/mol. The van der Waals surface area contributed by atoms with Crippen LogP contribution >= 0.6 is 0 Å². The van der Waals surface area contributed by atoms with Crippen LogP contribution in [-0.4, -0.2) is 28.0 Å². The van der Waals surface area contributed by atoms with Crippen LogP contribution in [0.1, 0.15) is 22.5 Å². The molecule has 0 aliphatic heterocycles. The lowest BCUT2D eigenvalue weighted by molar-refractivity contribution is -0.384. The normalized spacial score (nSPS) is 11.5. The summed E-state index contributed by atoms with van der Waals surface area (Å²) in [6.45, 7) is 2.16. The zero-order chi connectivity index (χ0) is 22.1. The summed E-state index contributed by atoms with van der Waals surface area (Å²) in [5.41, 5.74) is 3.77. The number of ether oxygens (including phenoxy) is 1. The van der Waals surface area contributed by atoms with Gasteiger partial charge in [-0.2, -0.15) is 18.3 Å². The molecule has 30 heavy (non-hydrogen) atoms. The highest BCUT2D eigenvalue weighted by Crippen LogP contribution is 2.34. The van der Waals surface area contributed by atoms with Gasteiger partial charge in [0, 0.05) is 35.4 Å². The molecule has 0 saturated carbocycles. The van der Waals surface area contributed by atoms with Gasteiger partial charge in [-0.1, -0.05) is 18.2 Å². The number of non-ortho nitro benzene ring substituents is 1. The number of halogens is 3. The lowest BCUT2D eigenvalue weighted by atomic mass is 9.97. The predicted octanol–water partition coefficient (Wildman–Crippen LogP) is 5.24. The fourth-order valence-corrected chi connectivity index (χ4v) is 3.40. The van der Waals surface area contributed by atoms with Crippen LogP contribution in [0, 0.1) is 24.0 Å². The Morgan fingerprint density at radius 3 is 2.53 bits per heavy atom. The molecule has 0 spiro atoms. The SMILES string of the molecule is COc1ccc(Cc2c(C)nn(CC(F)(F)F)c2C)cc1-c1cccc([N+](=O)[O-])c1. The number of nitrogens with zero attached hydrogens (tertiary/aromatic N) is 3. The van der Waals surface area contributed by atoms with E-state index in [0.29, 0.717) is 34.7 Å². The molecule has 0 radical (unpaired) electrons. The highest BCUT2D eigenvalue weighted by atomic mass is 19.4. The standard InChI is InChI=1S/C21H20F3N3O3/c1-13-18(14(2)26(25-13)12-21(22,23)24)9-15-7-8-20(30-3)19(10-15)16-5-4-6-17(11-16)27(28)29/h4-8,10-11H,9,12H2,1-3H3. The van der Waals surface area contributed by atoms with Crippen molar-refractivity contribution >= 4 is 5.69 Å². The summed E-state index contributed by atoms with van der Waals surface area (Å²) in [7, 11) is 1.51. The molecule has 0 aliphatic rings. The maximum atomic E-state index is 12.8. The molecule has 0 bridgehead atoms. The molecule has 0 atom stereocenters. The van der Waals surface area contributed by atoms with Gasteiger partial charge in [0.15, 0.2) is 0 Å². The molecule has 158 valence electrons. The Morgan fingerprint density at radius 1 is 1.17 bits per heavy atom. The average Bonchev–Trinajstić information content (AvgIpc) is 2.93. The molecule has 0 unspecified atom stereocenters. The molecule has 0 saturated heterocycles. The Bertz CT molecular complexity index is 1090. The van der Waals surface area contributed by atoms with Crippen molar-refractivity contribution in [3.05, 3.63) is 75.1 Å². The number of hydrogen-bond donors (Lipinski definition) is 0. The topological polar surface area (TPSA) is 70.2 Å². The van der Waals surface area contributed by atoms with Gasteiger partial charge in [0.2, 0.25) is 0 Å². The monoisotopic (exact) mass is 419 g/mol. The highest BCUT2D eigenvalue weighted by Gasteiger charge is 2.30. The minimum absolute atomic E-state index is 0.0416. The van der Waals surface area contributed by atoms with Crippen molar-refractivity contribution in [1.82, 2.24) is 9.78 Å². The molecule has 0 fully saturated rings. The fraction of sp³-hybridized carbons (Fsp3) is 0.286. The van der Waals surface area contributed by atoms with Gasteiger partial charge in [0.25, 0.3) is 5.69 Å². The molecule has 0 aliphatic carbocycles. The third-order valence-corrected chi connectivity index (χ3v) is 4.87. The first-order valence-electron chi connectivity index (χ1n) is 9.10. The van der Waals surface area contributed by atoms with E-state index >= 15 is 0 Å². The zero-order valence-electron chi connectivity index (χ0n) is 16.7. The van der Waals surface area contributed by atoms with Crippen molar-refractivity contribution in [3.63, 3.8) is 0 Å². The molecule has 2 aromatic carbocycles. The number of methoxy groups -OCH3 is 1. The molecule has 9 heteroatoms. The van der Waals surface area contributed by atoms with Crippen LogP contribution in [-0.2, 0) is 13.0 Å². The molecule has 6 nitrogen and oxygen atoms in total. The predicted molar refractivity (Wildman–Crippen MR) is 106 cm³/mol. The molecule has 3 rings (SSSR count). The minimum Gasteiger partial charge on any atom is -0.496 e. The van der Waals surface area contributed by atoms with E-state index in [9.17, 15) is 23.3 Å². The van der Waals surface area contributed by atoms with E-state index in [1.807, 2.05) is 12.1 Å². The van der Waals surface area contributed by atoms with Crippen molar-refractivity contribution in [1.29, 1.82) is 0 Å². The van der Waals surface area contributed by atoms with Crippen molar-refractivity contribution in [3.8, 4) is 16.9 Å². The zero-order valence-corrected chi connectivity index (χ0v) is 16.7. The van der Waals surface area contributed by atoms with Gasteiger partial charge in [0.05, 0.1) is 17.7 Å². The third kappa shape index (κ3) is 4.61. The number of benzene rings is 2. The first-order chi connectivity index (χ1) is 14.1. The summed E-state index contributed by atoms with van der Waals surface area (Å²) in [5.74, 6) is 0.542.